The molecule has 0 radical (unpaired) electrons. The predicted molar refractivity (Wildman–Crippen MR) is 74.6 cm³/mol. The molecular formula is C15H20ClNO. The number of amides is 1. The average molecular weight is 266 g/mol. The van der Waals surface area contributed by atoms with Crippen molar-refractivity contribution in [2.45, 2.75) is 39.2 Å². The van der Waals surface area contributed by atoms with Crippen molar-refractivity contribution in [1.82, 2.24) is 4.90 Å². The smallest absolute Gasteiger partial charge is 0.223 e. The van der Waals surface area contributed by atoms with Crippen molar-refractivity contribution in [1.29, 1.82) is 0 Å². The van der Waals surface area contributed by atoms with Gasteiger partial charge in [-0.25, -0.2) is 0 Å². The van der Waals surface area contributed by atoms with Crippen LogP contribution in [-0.4, -0.2) is 17.4 Å². The maximum atomic E-state index is 12.2. The molecule has 1 aliphatic heterocycles. The SMILES string of the molecule is CC(C)CC(=O)N1CCC[C@H]1c1ccc(Cl)cc1. The van der Waals surface area contributed by atoms with Crippen LogP contribution in [0.2, 0.25) is 5.02 Å². The molecule has 2 nitrogen and oxygen atoms in total. The van der Waals surface area contributed by atoms with E-state index in [2.05, 4.69) is 13.8 Å². The van der Waals surface area contributed by atoms with Gasteiger partial charge in [-0.1, -0.05) is 37.6 Å². The van der Waals surface area contributed by atoms with E-state index in [1.54, 1.807) is 0 Å². The molecule has 1 heterocycles. The molecule has 3 heteroatoms. The van der Waals surface area contributed by atoms with Gasteiger partial charge in [-0.2, -0.15) is 0 Å². The lowest BCUT2D eigenvalue weighted by atomic mass is 10.0. The fraction of sp³-hybridized carbons (Fsp3) is 0.533. The summed E-state index contributed by atoms with van der Waals surface area (Å²) in [6.07, 6.45) is 2.80. The van der Waals surface area contributed by atoms with Gasteiger partial charge in [0, 0.05) is 18.0 Å². The molecule has 0 N–H and O–H groups in total. The third kappa shape index (κ3) is 3.05. The van der Waals surface area contributed by atoms with Crippen LogP contribution in [0.25, 0.3) is 0 Å². The van der Waals surface area contributed by atoms with Crippen molar-refractivity contribution in [2.75, 3.05) is 6.54 Å². The number of halogens is 1. The molecule has 1 aromatic carbocycles. The van der Waals surface area contributed by atoms with Gasteiger partial charge >= 0.3 is 0 Å². The van der Waals surface area contributed by atoms with Crippen molar-refractivity contribution >= 4 is 17.5 Å². The third-order valence-corrected chi connectivity index (χ3v) is 3.66. The summed E-state index contributed by atoms with van der Waals surface area (Å²) in [7, 11) is 0. The van der Waals surface area contributed by atoms with Gasteiger partial charge in [0.15, 0.2) is 0 Å². The summed E-state index contributed by atoms with van der Waals surface area (Å²) in [5, 5.41) is 0.747. The van der Waals surface area contributed by atoms with Crippen LogP contribution in [-0.2, 0) is 4.79 Å². The van der Waals surface area contributed by atoms with Gasteiger partial charge in [0.05, 0.1) is 6.04 Å². The molecule has 1 amide bonds. The minimum absolute atomic E-state index is 0.244. The Balaban J connectivity index is 2.12. The molecule has 2 rings (SSSR count). The maximum Gasteiger partial charge on any atom is 0.223 e. The third-order valence-electron chi connectivity index (χ3n) is 3.41. The van der Waals surface area contributed by atoms with E-state index in [9.17, 15) is 4.79 Å². The summed E-state index contributed by atoms with van der Waals surface area (Å²) < 4.78 is 0. The first-order valence-corrected chi connectivity index (χ1v) is 7.00. The highest BCUT2D eigenvalue weighted by molar-refractivity contribution is 6.30. The van der Waals surface area contributed by atoms with Crippen LogP contribution in [0, 0.1) is 5.92 Å². The molecular weight excluding hydrogens is 246 g/mol. The Morgan fingerprint density at radius 1 is 1.39 bits per heavy atom. The number of carbonyl (C=O) groups is 1. The number of benzene rings is 1. The van der Waals surface area contributed by atoms with Gasteiger partial charge in [-0.15, -0.1) is 0 Å². The minimum Gasteiger partial charge on any atom is -0.336 e. The molecule has 1 fully saturated rings. The topological polar surface area (TPSA) is 20.3 Å². The van der Waals surface area contributed by atoms with Gasteiger partial charge in [0.1, 0.15) is 0 Å². The van der Waals surface area contributed by atoms with Gasteiger partial charge in [0.25, 0.3) is 0 Å². The first-order valence-electron chi connectivity index (χ1n) is 6.63. The Kier molecular flexibility index (Phi) is 4.28. The van der Waals surface area contributed by atoms with Crippen molar-refractivity contribution in [3.05, 3.63) is 34.9 Å². The summed E-state index contributed by atoms with van der Waals surface area (Å²) in [6, 6.07) is 8.12. The lowest BCUT2D eigenvalue weighted by molar-refractivity contribution is -0.132. The van der Waals surface area contributed by atoms with Crippen LogP contribution in [0.15, 0.2) is 24.3 Å². The normalized spacial score (nSPS) is 19.6. The van der Waals surface area contributed by atoms with E-state index >= 15 is 0 Å². The summed E-state index contributed by atoms with van der Waals surface area (Å²) >= 11 is 5.91. The molecule has 0 spiro atoms. The molecule has 1 saturated heterocycles. The number of hydrogen-bond donors (Lipinski definition) is 0. The van der Waals surface area contributed by atoms with Gasteiger partial charge < -0.3 is 4.90 Å². The van der Waals surface area contributed by atoms with E-state index in [1.807, 2.05) is 29.2 Å². The van der Waals surface area contributed by atoms with Crippen LogP contribution in [0.5, 0.6) is 0 Å². The maximum absolute atomic E-state index is 12.2. The van der Waals surface area contributed by atoms with E-state index in [4.69, 9.17) is 11.6 Å². The van der Waals surface area contributed by atoms with Gasteiger partial charge in [0.2, 0.25) is 5.91 Å². The fourth-order valence-corrected chi connectivity index (χ4v) is 2.69. The molecule has 0 aromatic heterocycles. The van der Waals surface area contributed by atoms with Gasteiger partial charge in [-0.05, 0) is 36.5 Å². The lowest BCUT2D eigenvalue weighted by Crippen LogP contribution is -2.31. The summed E-state index contributed by atoms with van der Waals surface area (Å²) in [6.45, 7) is 5.06. The molecule has 1 aliphatic rings. The van der Waals surface area contributed by atoms with Crippen molar-refractivity contribution in [2.24, 2.45) is 5.92 Å². The highest BCUT2D eigenvalue weighted by Crippen LogP contribution is 2.33. The molecule has 98 valence electrons. The summed E-state index contributed by atoms with van der Waals surface area (Å²) in [4.78, 5) is 14.2. The molecule has 0 bridgehead atoms. The number of carbonyl (C=O) groups excluding carboxylic acids is 1. The van der Waals surface area contributed by atoms with Crippen LogP contribution in [0.4, 0.5) is 0 Å². The zero-order valence-corrected chi connectivity index (χ0v) is 11.8. The highest BCUT2D eigenvalue weighted by atomic mass is 35.5. The summed E-state index contributed by atoms with van der Waals surface area (Å²) in [5.41, 5.74) is 1.20. The van der Waals surface area contributed by atoms with E-state index in [0.29, 0.717) is 12.3 Å². The van der Waals surface area contributed by atoms with Crippen LogP contribution in [0.3, 0.4) is 0 Å². The zero-order valence-electron chi connectivity index (χ0n) is 11.0. The standard InChI is InChI=1S/C15H20ClNO/c1-11(2)10-15(18)17-9-3-4-14(17)12-5-7-13(16)8-6-12/h5-8,11,14H,3-4,9-10H2,1-2H3/t14-/m0/s1. The lowest BCUT2D eigenvalue weighted by Gasteiger charge is -2.26. The quantitative estimate of drug-likeness (QED) is 0.807. The van der Waals surface area contributed by atoms with Gasteiger partial charge in [-0.3, -0.25) is 4.79 Å². The fourth-order valence-electron chi connectivity index (χ4n) is 2.56. The zero-order chi connectivity index (χ0) is 13.1. The van der Waals surface area contributed by atoms with Crippen molar-refractivity contribution in [3.63, 3.8) is 0 Å². The molecule has 0 unspecified atom stereocenters. The van der Waals surface area contributed by atoms with Crippen molar-refractivity contribution in [3.8, 4) is 0 Å². The first kappa shape index (κ1) is 13.4. The Morgan fingerprint density at radius 3 is 2.67 bits per heavy atom. The second-order valence-electron chi connectivity index (χ2n) is 5.39. The Bertz CT molecular complexity index is 413. The second-order valence-corrected chi connectivity index (χ2v) is 5.83. The van der Waals surface area contributed by atoms with Crippen LogP contribution >= 0.6 is 11.6 Å². The first-order chi connectivity index (χ1) is 8.58. The monoisotopic (exact) mass is 265 g/mol. The largest absolute Gasteiger partial charge is 0.336 e. The highest BCUT2D eigenvalue weighted by Gasteiger charge is 2.29. The van der Waals surface area contributed by atoms with Crippen LogP contribution in [0.1, 0.15) is 44.7 Å². The molecule has 1 atom stereocenters. The van der Waals surface area contributed by atoms with Crippen LogP contribution < -0.4 is 0 Å². The molecule has 0 saturated carbocycles. The molecule has 18 heavy (non-hydrogen) atoms. The second kappa shape index (κ2) is 5.75. The van der Waals surface area contributed by atoms with E-state index in [-0.39, 0.29) is 11.9 Å². The Morgan fingerprint density at radius 2 is 2.06 bits per heavy atom. The average Bonchev–Trinajstić information content (AvgIpc) is 2.78. The Hall–Kier alpha value is -1.02. The summed E-state index contributed by atoms with van der Waals surface area (Å²) in [5.74, 6) is 0.700. The number of likely N-dealkylation sites (tertiary alicyclic amines) is 1. The van der Waals surface area contributed by atoms with E-state index in [1.165, 1.54) is 5.56 Å². The number of hydrogen-bond acceptors (Lipinski definition) is 1. The minimum atomic E-state index is 0.244. The molecule has 1 aromatic rings. The number of nitrogens with zero attached hydrogens (tertiary/aromatic N) is 1. The predicted octanol–water partition coefficient (Wildman–Crippen LogP) is 4.05. The van der Waals surface area contributed by atoms with E-state index in [0.717, 1.165) is 24.4 Å². The number of rotatable bonds is 3. The van der Waals surface area contributed by atoms with Crippen molar-refractivity contribution < 1.29 is 4.79 Å². The molecule has 0 aliphatic carbocycles. The Labute approximate surface area is 114 Å². The van der Waals surface area contributed by atoms with E-state index < -0.39 is 0 Å².